The monoisotopic (exact) mass is 349 g/mol. The predicted octanol–water partition coefficient (Wildman–Crippen LogP) is 4.14. The second-order valence-corrected chi connectivity index (χ2v) is 6.11. The number of nitrogens with zero attached hydrogens (tertiary/aromatic N) is 2. The molecule has 0 radical (unpaired) electrons. The fraction of sp³-hybridized carbons (Fsp3) is 0.105. The molecule has 0 aliphatic heterocycles. The van der Waals surface area contributed by atoms with Crippen molar-refractivity contribution in [3.8, 4) is 22.4 Å². The van der Waals surface area contributed by atoms with Crippen LogP contribution < -0.4 is 10.1 Å². The van der Waals surface area contributed by atoms with Gasteiger partial charge in [0.15, 0.2) is 0 Å². The van der Waals surface area contributed by atoms with E-state index in [2.05, 4.69) is 16.4 Å². The summed E-state index contributed by atoms with van der Waals surface area (Å²) in [4.78, 5) is 16.7. The van der Waals surface area contributed by atoms with E-state index in [9.17, 15) is 4.79 Å². The van der Waals surface area contributed by atoms with E-state index in [4.69, 9.17) is 10.00 Å². The Kier molecular flexibility index (Phi) is 5.07. The summed E-state index contributed by atoms with van der Waals surface area (Å²) in [6.45, 7) is 0. The average molecular weight is 349 g/mol. The molecule has 0 unspecified atom stereocenters. The van der Waals surface area contributed by atoms with Crippen LogP contribution in [0.2, 0.25) is 0 Å². The normalized spacial score (nSPS) is 10.1. The van der Waals surface area contributed by atoms with E-state index in [0.717, 1.165) is 21.9 Å². The first-order chi connectivity index (χ1) is 12.2. The van der Waals surface area contributed by atoms with E-state index in [1.165, 1.54) is 11.3 Å². The molecule has 124 valence electrons. The summed E-state index contributed by atoms with van der Waals surface area (Å²) in [5, 5.41) is 14.0. The number of methoxy groups -OCH3 is 1. The van der Waals surface area contributed by atoms with Crippen molar-refractivity contribution < 1.29 is 9.53 Å². The Morgan fingerprint density at radius 3 is 2.56 bits per heavy atom. The van der Waals surface area contributed by atoms with Crippen LogP contribution in [0, 0.1) is 11.3 Å². The molecule has 0 spiro atoms. The molecule has 2 aromatic carbocycles. The summed E-state index contributed by atoms with van der Waals surface area (Å²) in [6.07, 6.45) is 0.353. The van der Waals surface area contributed by atoms with Crippen molar-refractivity contribution in [2.45, 2.75) is 6.42 Å². The summed E-state index contributed by atoms with van der Waals surface area (Å²) in [5.41, 5.74) is 2.89. The van der Waals surface area contributed by atoms with Gasteiger partial charge < -0.3 is 10.1 Å². The third-order valence-corrected chi connectivity index (χ3v) is 4.46. The largest absolute Gasteiger partial charge is 0.497 e. The fourth-order valence-electron chi connectivity index (χ4n) is 2.24. The number of thiazole rings is 1. The molecule has 0 saturated heterocycles. The first-order valence-electron chi connectivity index (χ1n) is 7.57. The first-order valence-corrected chi connectivity index (χ1v) is 8.45. The number of amides is 1. The smallest absolute Gasteiger partial charge is 0.275 e. The molecule has 0 aliphatic rings. The van der Waals surface area contributed by atoms with Crippen molar-refractivity contribution in [2.75, 3.05) is 12.4 Å². The third-order valence-electron chi connectivity index (χ3n) is 3.57. The highest BCUT2D eigenvalue weighted by molar-refractivity contribution is 7.13. The molecule has 0 atom stereocenters. The Morgan fingerprint density at radius 2 is 1.92 bits per heavy atom. The van der Waals surface area contributed by atoms with Crippen molar-refractivity contribution in [1.29, 1.82) is 5.26 Å². The van der Waals surface area contributed by atoms with Gasteiger partial charge in [0.2, 0.25) is 0 Å². The van der Waals surface area contributed by atoms with Crippen molar-refractivity contribution in [2.24, 2.45) is 0 Å². The Balaban J connectivity index is 1.70. The van der Waals surface area contributed by atoms with Gasteiger partial charge in [0.1, 0.15) is 16.5 Å². The SMILES string of the molecule is COc1ccc(-c2nc(C(=O)Nc3ccc(CC#N)cc3)cs2)cc1. The summed E-state index contributed by atoms with van der Waals surface area (Å²) in [6, 6.07) is 16.8. The van der Waals surface area contributed by atoms with Gasteiger partial charge in [0, 0.05) is 16.6 Å². The summed E-state index contributed by atoms with van der Waals surface area (Å²) in [7, 11) is 1.62. The molecule has 25 heavy (non-hydrogen) atoms. The lowest BCUT2D eigenvalue weighted by Crippen LogP contribution is -2.12. The van der Waals surface area contributed by atoms with E-state index in [0.29, 0.717) is 17.8 Å². The number of nitrogens with one attached hydrogen (secondary N) is 1. The molecule has 6 heteroatoms. The summed E-state index contributed by atoms with van der Waals surface area (Å²) < 4.78 is 5.14. The molecule has 0 bridgehead atoms. The number of anilines is 1. The molecular weight excluding hydrogens is 334 g/mol. The molecule has 1 aromatic heterocycles. The molecule has 3 aromatic rings. The number of rotatable bonds is 5. The van der Waals surface area contributed by atoms with Crippen molar-refractivity contribution in [3.05, 3.63) is 65.2 Å². The molecule has 0 saturated carbocycles. The van der Waals surface area contributed by atoms with Crippen molar-refractivity contribution >= 4 is 22.9 Å². The predicted molar refractivity (Wildman–Crippen MR) is 97.8 cm³/mol. The van der Waals surface area contributed by atoms with Crippen LogP contribution in [0.1, 0.15) is 16.1 Å². The topological polar surface area (TPSA) is 75.0 Å². The number of nitriles is 1. The van der Waals surface area contributed by atoms with E-state index in [1.54, 1.807) is 24.6 Å². The van der Waals surface area contributed by atoms with Gasteiger partial charge in [-0.1, -0.05) is 12.1 Å². The van der Waals surface area contributed by atoms with E-state index < -0.39 is 0 Å². The number of carbonyl (C=O) groups excluding carboxylic acids is 1. The van der Waals surface area contributed by atoms with Gasteiger partial charge in [-0.25, -0.2) is 4.98 Å². The maximum absolute atomic E-state index is 12.3. The molecule has 1 amide bonds. The number of hydrogen-bond acceptors (Lipinski definition) is 5. The molecule has 3 rings (SSSR count). The zero-order valence-corrected chi connectivity index (χ0v) is 14.3. The molecular formula is C19H15N3O2S. The number of hydrogen-bond donors (Lipinski definition) is 1. The van der Waals surface area contributed by atoms with Crippen molar-refractivity contribution in [3.63, 3.8) is 0 Å². The van der Waals surface area contributed by atoms with Gasteiger partial charge in [-0.2, -0.15) is 5.26 Å². The number of aromatic nitrogens is 1. The minimum Gasteiger partial charge on any atom is -0.497 e. The van der Waals surface area contributed by atoms with Crippen LogP contribution in [0.5, 0.6) is 5.75 Å². The van der Waals surface area contributed by atoms with Gasteiger partial charge in [0.05, 0.1) is 19.6 Å². The lowest BCUT2D eigenvalue weighted by atomic mass is 10.1. The molecule has 5 nitrogen and oxygen atoms in total. The lowest BCUT2D eigenvalue weighted by Gasteiger charge is -2.04. The minimum absolute atomic E-state index is 0.260. The molecule has 0 aliphatic carbocycles. The highest BCUT2D eigenvalue weighted by atomic mass is 32.1. The number of benzene rings is 2. The fourth-order valence-corrected chi connectivity index (χ4v) is 3.04. The standard InChI is InChI=1S/C19H15N3O2S/c1-24-16-8-4-14(5-9-16)19-22-17(12-25-19)18(23)21-15-6-2-13(3-7-15)10-11-20/h2-9,12H,10H2,1H3,(H,21,23). The summed E-state index contributed by atoms with van der Waals surface area (Å²) >= 11 is 1.42. The van der Waals surface area contributed by atoms with Crippen LogP contribution in [-0.2, 0) is 6.42 Å². The van der Waals surface area contributed by atoms with Crippen LogP contribution in [0.3, 0.4) is 0 Å². The van der Waals surface area contributed by atoms with Crippen LogP contribution >= 0.6 is 11.3 Å². The van der Waals surface area contributed by atoms with E-state index >= 15 is 0 Å². The van der Waals surface area contributed by atoms with Crippen LogP contribution in [0.25, 0.3) is 10.6 Å². The Labute approximate surface area is 149 Å². The molecule has 1 heterocycles. The van der Waals surface area contributed by atoms with E-state index in [-0.39, 0.29) is 5.91 Å². The lowest BCUT2D eigenvalue weighted by molar-refractivity contribution is 0.102. The van der Waals surface area contributed by atoms with Crippen molar-refractivity contribution in [1.82, 2.24) is 4.98 Å². The van der Waals surface area contributed by atoms with Crippen LogP contribution in [0.15, 0.2) is 53.9 Å². The highest BCUT2D eigenvalue weighted by Crippen LogP contribution is 2.26. The zero-order valence-electron chi connectivity index (χ0n) is 13.5. The highest BCUT2D eigenvalue weighted by Gasteiger charge is 2.12. The quantitative estimate of drug-likeness (QED) is 0.751. The van der Waals surface area contributed by atoms with Crippen LogP contribution in [-0.4, -0.2) is 18.0 Å². The minimum atomic E-state index is -0.260. The van der Waals surface area contributed by atoms with Gasteiger partial charge >= 0.3 is 0 Å². The maximum atomic E-state index is 12.3. The second kappa shape index (κ2) is 7.60. The van der Waals surface area contributed by atoms with Gasteiger partial charge in [-0.15, -0.1) is 11.3 Å². The van der Waals surface area contributed by atoms with Gasteiger partial charge in [-0.05, 0) is 42.0 Å². The average Bonchev–Trinajstić information content (AvgIpc) is 3.14. The van der Waals surface area contributed by atoms with E-state index in [1.807, 2.05) is 36.4 Å². The third kappa shape index (κ3) is 4.03. The number of ether oxygens (including phenoxy) is 1. The van der Waals surface area contributed by atoms with Crippen LogP contribution in [0.4, 0.5) is 5.69 Å². The van der Waals surface area contributed by atoms with Gasteiger partial charge in [-0.3, -0.25) is 4.79 Å². The Morgan fingerprint density at radius 1 is 1.20 bits per heavy atom. The Hall–Kier alpha value is -3.17. The maximum Gasteiger partial charge on any atom is 0.275 e. The first kappa shape index (κ1) is 16.7. The molecule has 0 fully saturated rings. The number of carbonyl (C=O) groups is 1. The second-order valence-electron chi connectivity index (χ2n) is 5.25. The Bertz CT molecular complexity index is 909. The molecule has 1 N–H and O–H groups in total. The van der Waals surface area contributed by atoms with Gasteiger partial charge in [0.25, 0.3) is 5.91 Å². The summed E-state index contributed by atoms with van der Waals surface area (Å²) in [5.74, 6) is 0.516. The zero-order chi connectivity index (χ0) is 17.6.